The molecule has 94 valence electrons. The SMILES string of the molecule is O=S(=O)(Cl)c1cccc(Oc2cccc(F)c2)c1. The molecule has 0 atom stereocenters. The van der Waals surface area contributed by atoms with E-state index in [0.717, 1.165) is 0 Å². The third-order valence-electron chi connectivity index (χ3n) is 2.12. The van der Waals surface area contributed by atoms with Crippen LogP contribution in [0.25, 0.3) is 0 Å². The van der Waals surface area contributed by atoms with E-state index >= 15 is 0 Å². The summed E-state index contributed by atoms with van der Waals surface area (Å²) in [5.74, 6) is 0.107. The van der Waals surface area contributed by atoms with Gasteiger partial charge in [0.1, 0.15) is 17.3 Å². The third-order valence-corrected chi connectivity index (χ3v) is 3.47. The van der Waals surface area contributed by atoms with Gasteiger partial charge in [0.05, 0.1) is 4.90 Å². The Morgan fingerprint density at radius 1 is 1.00 bits per heavy atom. The zero-order valence-electron chi connectivity index (χ0n) is 9.01. The lowest BCUT2D eigenvalue weighted by molar-refractivity contribution is 0.475. The first-order valence-electron chi connectivity index (χ1n) is 4.93. The average molecular weight is 287 g/mol. The van der Waals surface area contributed by atoms with Crippen LogP contribution in [0, 0.1) is 5.82 Å². The lowest BCUT2D eigenvalue weighted by Gasteiger charge is -2.06. The van der Waals surface area contributed by atoms with Gasteiger partial charge in [0.2, 0.25) is 0 Å². The monoisotopic (exact) mass is 286 g/mol. The van der Waals surface area contributed by atoms with Crippen molar-refractivity contribution in [2.24, 2.45) is 0 Å². The Morgan fingerprint density at radius 2 is 1.61 bits per heavy atom. The van der Waals surface area contributed by atoms with E-state index in [1.54, 1.807) is 12.1 Å². The van der Waals surface area contributed by atoms with Gasteiger partial charge in [-0.3, -0.25) is 0 Å². The van der Waals surface area contributed by atoms with Gasteiger partial charge in [-0.05, 0) is 24.3 Å². The summed E-state index contributed by atoms with van der Waals surface area (Å²) in [7, 11) is 1.41. The van der Waals surface area contributed by atoms with Gasteiger partial charge >= 0.3 is 0 Å². The van der Waals surface area contributed by atoms with E-state index in [4.69, 9.17) is 15.4 Å². The highest BCUT2D eigenvalue weighted by Gasteiger charge is 2.10. The summed E-state index contributed by atoms with van der Waals surface area (Å²) in [6.45, 7) is 0. The van der Waals surface area contributed by atoms with Crippen LogP contribution >= 0.6 is 10.7 Å². The predicted octanol–water partition coefficient (Wildman–Crippen LogP) is 3.55. The standard InChI is InChI=1S/C12H8ClFO3S/c13-18(15,16)12-6-2-5-11(8-12)17-10-4-1-3-9(14)7-10/h1-8H. The molecule has 0 aliphatic carbocycles. The van der Waals surface area contributed by atoms with Gasteiger partial charge < -0.3 is 4.74 Å². The minimum atomic E-state index is -3.81. The largest absolute Gasteiger partial charge is 0.457 e. The summed E-state index contributed by atoms with van der Waals surface area (Å²) in [5.41, 5.74) is 0. The highest BCUT2D eigenvalue weighted by atomic mass is 35.7. The third kappa shape index (κ3) is 3.21. The van der Waals surface area contributed by atoms with E-state index in [9.17, 15) is 12.8 Å². The molecule has 0 radical (unpaired) electrons. The van der Waals surface area contributed by atoms with Crippen molar-refractivity contribution < 1.29 is 17.5 Å². The molecular weight excluding hydrogens is 279 g/mol. The molecule has 2 rings (SSSR count). The molecule has 6 heteroatoms. The zero-order valence-corrected chi connectivity index (χ0v) is 10.6. The van der Waals surface area contributed by atoms with Crippen LogP contribution in [0.2, 0.25) is 0 Å². The first-order chi connectivity index (χ1) is 8.45. The molecule has 0 N–H and O–H groups in total. The van der Waals surface area contributed by atoms with Crippen molar-refractivity contribution in [2.75, 3.05) is 0 Å². The fraction of sp³-hybridized carbons (Fsp3) is 0. The van der Waals surface area contributed by atoms with Crippen LogP contribution in [0.4, 0.5) is 4.39 Å². The van der Waals surface area contributed by atoms with Crippen LogP contribution in [0.3, 0.4) is 0 Å². The van der Waals surface area contributed by atoms with Gasteiger partial charge in [-0.2, -0.15) is 0 Å². The Morgan fingerprint density at radius 3 is 2.22 bits per heavy atom. The molecule has 0 amide bonds. The Kier molecular flexibility index (Phi) is 3.54. The molecule has 3 nitrogen and oxygen atoms in total. The summed E-state index contributed by atoms with van der Waals surface area (Å²) in [6.07, 6.45) is 0. The van der Waals surface area contributed by atoms with Crippen LogP contribution in [0.15, 0.2) is 53.4 Å². The molecule has 18 heavy (non-hydrogen) atoms. The van der Waals surface area contributed by atoms with E-state index in [0.29, 0.717) is 0 Å². The Bertz CT molecular complexity index is 671. The summed E-state index contributed by atoms with van der Waals surface area (Å²) in [4.78, 5) is -0.0712. The lowest BCUT2D eigenvalue weighted by atomic mass is 10.3. The van der Waals surface area contributed by atoms with Crippen LogP contribution in [-0.4, -0.2) is 8.42 Å². The van der Waals surface area contributed by atoms with Gasteiger partial charge in [0, 0.05) is 22.8 Å². The molecule has 0 aliphatic heterocycles. The number of rotatable bonds is 3. The second-order valence-electron chi connectivity index (χ2n) is 3.47. The van der Waals surface area contributed by atoms with Gasteiger partial charge in [0.25, 0.3) is 9.05 Å². The molecular formula is C12H8ClFO3S. The maximum atomic E-state index is 12.9. The topological polar surface area (TPSA) is 43.4 Å². The number of ether oxygens (including phenoxy) is 1. The molecule has 0 aromatic heterocycles. The first kappa shape index (κ1) is 12.9. The van der Waals surface area contributed by atoms with Crippen molar-refractivity contribution in [2.45, 2.75) is 4.90 Å². The molecule has 0 unspecified atom stereocenters. The normalized spacial score (nSPS) is 11.2. The molecule has 0 spiro atoms. The fourth-order valence-corrected chi connectivity index (χ4v) is 2.14. The van der Waals surface area contributed by atoms with Crippen molar-refractivity contribution >= 4 is 19.7 Å². The molecule has 0 fully saturated rings. The maximum absolute atomic E-state index is 12.9. The highest BCUT2D eigenvalue weighted by Crippen LogP contribution is 2.25. The smallest absolute Gasteiger partial charge is 0.261 e. The molecule has 0 heterocycles. The number of halogens is 2. The highest BCUT2D eigenvalue weighted by molar-refractivity contribution is 8.13. The van der Waals surface area contributed by atoms with E-state index in [-0.39, 0.29) is 16.4 Å². The van der Waals surface area contributed by atoms with E-state index < -0.39 is 14.9 Å². The molecule has 2 aromatic rings. The average Bonchev–Trinajstić information content (AvgIpc) is 2.28. The lowest BCUT2D eigenvalue weighted by Crippen LogP contribution is -1.91. The number of hydrogen-bond donors (Lipinski definition) is 0. The van der Waals surface area contributed by atoms with Crippen LogP contribution < -0.4 is 4.74 Å². The van der Waals surface area contributed by atoms with Crippen molar-refractivity contribution in [1.82, 2.24) is 0 Å². The Balaban J connectivity index is 2.30. The Labute approximate surface area is 108 Å². The number of hydrogen-bond acceptors (Lipinski definition) is 3. The van der Waals surface area contributed by atoms with Gasteiger partial charge in [-0.15, -0.1) is 0 Å². The molecule has 0 aliphatic rings. The number of benzene rings is 2. The van der Waals surface area contributed by atoms with Crippen molar-refractivity contribution in [3.63, 3.8) is 0 Å². The summed E-state index contributed by atoms with van der Waals surface area (Å²) >= 11 is 0. The van der Waals surface area contributed by atoms with Crippen LogP contribution in [0.5, 0.6) is 11.5 Å². The van der Waals surface area contributed by atoms with E-state index in [1.165, 1.54) is 36.4 Å². The van der Waals surface area contributed by atoms with Gasteiger partial charge in [-0.1, -0.05) is 12.1 Å². The summed E-state index contributed by atoms with van der Waals surface area (Å²) in [6, 6.07) is 11.2. The fourth-order valence-electron chi connectivity index (χ4n) is 1.36. The molecule has 0 bridgehead atoms. The molecule has 0 saturated carbocycles. The van der Waals surface area contributed by atoms with Crippen molar-refractivity contribution in [3.8, 4) is 11.5 Å². The minimum Gasteiger partial charge on any atom is -0.457 e. The first-order valence-corrected chi connectivity index (χ1v) is 7.24. The minimum absolute atomic E-state index is 0.0712. The predicted molar refractivity (Wildman–Crippen MR) is 66.0 cm³/mol. The Hall–Kier alpha value is -1.59. The van der Waals surface area contributed by atoms with Crippen molar-refractivity contribution in [3.05, 3.63) is 54.3 Å². The van der Waals surface area contributed by atoms with Gasteiger partial charge in [0.15, 0.2) is 0 Å². The van der Waals surface area contributed by atoms with Crippen molar-refractivity contribution in [1.29, 1.82) is 0 Å². The summed E-state index contributed by atoms with van der Waals surface area (Å²) in [5, 5.41) is 0. The van der Waals surface area contributed by atoms with Crippen LogP contribution in [0.1, 0.15) is 0 Å². The maximum Gasteiger partial charge on any atom is 0.261 e. The second kappa shape index (κ2) is 4.96. The molecule has 0 saturated heterocycles. The second-order valence-corrected chi connectivity index (χ2v) is 6.04. The van der Waals surface area contributed by atoms with E-state index in [1.807, 2.05) is 0 Å². The summed E-state index contributed by atoms with van der Waals surface area (Å²) < 4.78 is 40.6. The van der Waals surface area contributed by atoms with Gasteiger partial charge in [-0.25, -0.2) is 12.8 Å². The quantitative estimate of drug-likeness (QED) is 0.811. The molecule has 2 aromatic carbocycles. The van der Waals surface area contributed by atoms with E-state index in [2.05, 4.69) is 0 Å². The zero-order chi connectivity index (χ0) is 13.2. The van der Waals surface area contributed by atoms with Crippen LogP contribution in [-0.2, 0) is 9.05 Å².